The van der Waals surface area contributed by atoms with Gasteiger partial charge in [0.1, 0.15) is 5.69 Å². The van der Waals surface area contributed by atoms with Crippen molar-refractivity contribution in [3.8, 4) is 28.7 Å². The van der Waals surface area contributed by atoms with Gasteiger partial charge in [-0.25, -0.2) is 14.6 Å². The van der Waals surface area contributed by atoms with Gasteiger partial charge in [0.05, 0.1) is 41.5 Å². The first kappa shape index (κ1) is 21.7. The molecule has 1 aromatic carbocycles. The molecule has 0 spiro atoms. The van der Waals surface area contributed by atoms with E-state index in [1.807, 2.05) is 24.4 Å². The maximum absolute atomic E-state index is 9.43. The number of nitrogens with two attached hydrogens (primary N) is 1. The molecule has 1 fully saturated rings. The third-order valence-corrected chi connectivity index (χ3v) is 6.20. The van der Waals surface area contributed by atoms with Gasteiger partial charge in [-0.15, -0.1) is 5.10 Å². The number of nitrogens with zero attached hydrogens (tertiary/aromatic N) is 7. The molecule has 0 aliphatic heterocycles. The highest BCUT2D eigenvalue weighted by Gasteiger charge is 2.26. The van der Waals surface area contributed by atoms with Crippen molar-refractivity contribution in [1.82, 2.24) is 29.9 Å². The van der Waals surface area contributed by atoms with E-state index in [0.717, 1.165) is 36.2 Å². The van der Waals surface area contributed by atoms with Gasteiger partial charge in [0.25, 0.3) is 0 Å². The van der Waals surface area contributed by atoms with Crippen LogP contribution in [0.4, 0.5) is 5.95 Å². The van der Waals surface area contributed by atoms with Crippen molar-refractivity contribution in [2.45, 2.75) is 31.7 Å². The number of hydrogen-bond acceptors (Lipinski definition) is 8. The van der Waals surface area contributed by atoms with E-state index in [4.69, 9.17) is 10.7 Å². The lowest BCUT2D eigenvalue weighted by molar-refractivity contribution is 0.228. The molecule has 2 unspecified atom stereocenters. The summed E-state index contributed by atoms with van der Waals surface area (Å²) in [6.45, 7) is 0.728. The van der Waals surface area contributed by atoms with E-state index in [1.165, 1.54) is 0 Å². The molecule has 4 aromatic rings. The van der Waals surface area contributed by atoms with Crippen molar-refractivity contribution in [1.29, 1.82) is 5.26 Å². The lowest BCUT2D eigenvalue weighted by Crippen LogP contribution is -2.06. The summed E-state index contributed by atoms with van der Waals surface area (Å²) in [5.74, 6) is 0.891. The summed E-state index contributed by atoms with van der Waals surface area (Å²) in [6.07, 6.45) is 4.90. The summed E-state index contributed by atoms with van der Waals surface area (Å²) in [5.41, 5.74) is 11.0. The highest BCUT2D eigenvalue weighted by Crippen LogP contribution is 2.37. The minimum Gasteiger partial charge on any atom is -0.396 e. The molecule has 0 bridgehead atoms. The number of pyridine rings is 1. The van der Waals surface area contributed by atoms with Crippen molar-refractivity contribution in [3.05, 3.63) is 71.7 Å². The SMILES string of the molecule is N#Cc1cccc(-c2cc(-c3cn(Cc4cccc(C5CCC(CO)C5)n4)nn3)nc(N)n2)c1. The number of aliphatic hydroxyl groups excluding tert-OH is 1. The molecule has 170 valence electrons. The fourth-order valence-corrected chi connectivity index (χ4v) is 4.48. The van der Waals surface area contributed by atoms with Crippen LogP contribution in [-0.4, -0.2) is 41.7 Å². The van der Waals surface area contributed by atoms with E-state index in [0.29, 0.717) is 41.0 Å². The van der Waals surface area contributed by atoms with Gasteiger partial charge >= 0.3 is 0 Å². The first-order valence-corrected chi connectivity index (χ1v) is 11.2. The number of aromatic nitrogens is 6. The minimum atomic E-state index is 0.122. The van der Waals surface area contributed by atoms with Crippen molar-refractivity contribution in [2.24, 2.45) is 5.92 Å². The van der Waals surface area contributed by atoms with Crippen LogP contribution in [0.3, 0.4) is 0 Å². The highest BCUT2D eigenvalue weighted by atomic mass is 16.3. The Bertz CT molecular complexity index is 1360. The summed E-state index contributed by atoms with van der Waals surface area (Å²) >= 11 is 0. The second-order valence-corrected chi connectivity index (χ2v) is 8.60. The first-order valence-electron chi connectivity index (χ1n) is 11.2. The lowest BCUT2D eigenvalue weighted by atomic mass is 10.0. The van der Waals surface area contributed by atoms with Gasteiger partial charge in [0, 0.05) is 23.8 Å². The molecule has 3 aromatic heterocycles. The number of hydrogen-bond donors (Lipinski definition) is 2. The molecular formula is C25H24N8O. The Morgan fingerprint density at radius 3 is 2.71 bits per heavy atom. The number of benzene rings is 1. The minimum absolute atomic E-state index is 0.122. The molecule has 3 N–H and O–H groups in total. The molecule has 9 heteroatoms. The maximum atomic E-state index is 9.43. The van der Waals surface area contributed by atoms with Crippen LogP contribution in [0.1, 0.15) is 42.1 Å². The Hall–Kier alpha value is -4.16. The van der Waals surface area contributed by atoms with Gasteiger partial charge in [-0.3, -0.25) is 4.98 Å². The normalized spacial score (nSPS) is 17.5. The van der Waals surface area contributed by atoms with Gasteiger partial charge < -0.3 is 10.8 Å². The van der Waals surface area contributed by atoms with Crippen molar-refractivity contribution < 1.29 is 5.11 Å². The summed E-state index contributed by atoms with van der Waals surface area (Å²) in [7, 11) is 0. The van der Waals surface area contributed by atoms with E-state index < -0.39 is 0 Å². The Labute approximate surface area is 196 Å². The molecule has 5 rings (SSSR count). The van der Waals surface area contributed by atoms with Crippen LogP contribution < -0.4 is 5.73 Å². The van der Waals surface area contributed by atoms with Gasteiger partial charge in [0.15, 0.2) is 0 Å². The Morgan fingerprint density at radius 2 is 1.88 bits per heavy atom. The zero-order chi connectivity index (χ0) is 23.5. The van der Waals surface area contributed by atoms with Gasteiger partial charge in [-0.1, -0.05) is 23.4 Å². The van der Waals surface area contributed by atoms with E-state index in [9.17, 15) is 10.4 Å². The van der Waals surface area contributed by atoms with Gasteiger partial charge in [-0.05, 0) is 55.5 Å². The van der Waals surface area contributed by atoms with Crippen LogP contribution in [-0.2, 0) is 6.54 Å². The largest absolute Gasteiger partial charge is 0.396 e. The van der Waals surface area contributed by atoms with Crippen LogP contribution in [0.15, 0.2) is 54.7 Å². The number of anilines is 1. The molecule has 1 saturated carbocycles. The summed E-state index contributed by atoms with van der Waals surface area (Å²) in [6, 6.07) is 17.2. The third kappa shape index (κ3) is 4.63. The maximum Gasteiger partial charge on any atom is 0.221 e. The fraction of sp³-hybridized carbons (Fsp3) is 0.280. The van der Waals surface area contributed by atoms with E-state index in [2.05, 4.69) is 32.4 Å². The number of nitrogen functional groups attached to an aromatic ring is 1. The molecule has 0 radical (unpaired) electrons. The molecule has 3 heterocycles. The zero-order valence-corrected chi connectivity index (χ0v) is 18.5. The third-order valence-electron chi connectivity index (χ3n) is 6.20. The summed E-state index contributed by atoms with van der Waals surface area (Å²) in [4.78, 5) is 13.5. The zero-order valence-electron chi connectivity index (χ0n) is 18.5. The van der Waals surface area contributed by atoms with Gasteiger partial charge in [0.2, 0.25) is 5.95 Å². The Balaban J connectivity index is 1.36. The molecule has 34 heavy (non-hydrogen) atoms. The highest BCUT2D eigenvalue weighted by molar-refractivity contribution is 5.68. The van der Waals surface area contributed by atoms with E-state index in [1.54, 1.807) is 28.9 Å². The number of nitriles is 1. The molecule has 0 saturated heterocycles. The molecule has 1 aliphatic carbocycles. The summed E-state index contributed by atoms with van der Waals surface area (Å²) in [5, 5.41) is 27.1. The Kier molecular flexibility index (Phi) is 5.97. The molecule has 1 aliphatic rings. The quantitative estimate of drug-likeness (QED) is 0.455. The standard InChI is InChI=1S/C25H24N8O/c26-12-16-3-1-4-18(9-16)22-11-23(30-25(27)29-22)24-14-33(32-31-24)13-20-5-2-6-21(28-20)19-8-7-17(10-19)15-34/h1-6,9,11,14,17,19,34H,7-8,10,13,15H2,(H2,27,29,30). The lowest BCUT2D eigenvalue weighted by Gasteiger charge is -2.11. The average molecular weight is 453 g/mol. The first-order chi connectivity index (χ1) is 16.6. The topological polar surface area (TPSA) is 139 Å². The molecule has 9 nitrogen and oxygen atoms in total. The predicted molar refractivity (Wildman–Crippen MR) is 126 cm³/mol. The van der Waals surface area contributed by atoms with Crippen LogP contribution in [0.2, 0.25) is 0 Å². The van der Waals surface area contributed by atoms with E-state index in [-0.39, 0.29) is 12.6 Å². The predicted octanol–water partition coefficient (Wildman–Crippen LogP) is 3.18. The summed E-state index contributed by atoms with van der Waals surface area (Å²) < 4.78 is 1.72. The van der Waals surface area contributed by atoms with Crippen molar-refractivity contribution in [3.63, 3.8) is 0 Å². The number of aliphatic hydroxyl groups is 1. The number of rotatable bonds is 6. The monoisotopic (exact) mass is 452 g/mol. The average Bonchev–Trinajstić information content (AvgIpc) is 3.54. The van der Waals surface area contributed by atoms with Crippen LogP contribution in [0.5, 0.6) is 0 Å². The van der Waals surface area contributed by atoms with E-state index >= 15 is 0 Å². The van der Waals surface area contributed by atoms with Crippen molar-refractivity contribution in [2.75, 3.05) is 12.3 Å². The molecule has 0 amide bonds. The van der Waals surface area contributed by atoms with Crippen LogP contribution in [0.25, 0.3) is 22.6 Å². The van der Waals surface area contributed by atoms with Gasteiger partial charge in [-0.2, -0.15) is 5.26 Å². The van der Waals surface area contributed by atoms with Crippen molar-refractivity contribution >= 4 is 5.95 Å². The van der Waals surface area contributed by atoms with Crippen LogP contribution >= 0.6 is 0 Å². The second kappa shape index (κ2) is 9.37. The smallest absolute Gasteiger partial charge is 0.221 e. The molecular weight excluding hydrogens is 428 g/mol. The Morgan fingerprint density at radius 1 is 1.03 bits per heavy atom. The second-order valence-electron chi connectivity index (χ2n) is 8.60. The fourth-order valence-electron chi connectivity index (χ4n) is 4.48. The van der Waals surface area contributed by atoms with Crippen LogP contribution in [0, 0.1) is 17.2 Å². The molecule has 2 atom stereocenters.